The van der Waals surface area contributed by atoms with Crippen molar-refractivity contribution in [1.29, 1.82) is 0 Å². The summed E-state index contributed by atoms with van der Waals surface area (Å²) in [5, 5.41) is 3.11. The lowest BCUT2D eigenvalue weighted by Gasteiger charge is -2.26. The number of benzene rings is 2. The zero-order valence-electron chi connectivity index (χ0n) is 19.9. The van der Waals surface area contributed by atoms with Crippen LogP contribution in [-0.2, 0) is 10.0 Å². The van der Waals surface area contributed by atoms with Gasteiger partial charge >= 0.3 is 0 Å². The van der Waals surface area contributed by atoms with Gasteiger partial charge in [-0.05, 0) is 50.7 Å². The van der Waals surface area contributed by atoms with Gasteiger partial charge in [0.1, 0.15) is 11.5 Å². The number of halogens is 1. The van der Waals surface area contributed by atoms with E-state index in [4.69, 9.17) is 21.1 Å². The van der Waals surface area contributed by atoms with Crippen LogP contribution in [0, 0.1) is 6.92 Å². The molecule has 0 aliphatic heterocycles. The molecule has 10 heteroatoms. The van der Waals surface area contributed by atoms with E-state index in [1.807, 2.05) is 6.92 Å². The molecule has 2 aromatic carbocycles. The van der Waals surface area contributed by atoms with Crippen LogP contribution in [0.15, 0.2) is 35.2 Å². The van der Waals surface area contributed by atoms with Crippen LogP contribution < -0.4 is 19.5 Å². The zero-order valence-corrected chi connectivity index (χ0v) is 21.4. The molecule has 0 aromatic heterocycles. The van der Waals surface area contributed by atoms with Gasteiger partial charge in [0.05, 0.1) is 29.8 Å². The number of anilines is 1. The minimum Gasteiger partial charge on any atom is -0.495 e. The highest BCUT2D eigenvalue weighted by Crippen LogP contribution is 2.37. The van der Waals surface area contributed by atoms with E-state index in [0.717, 1.165) is 13.1 Å². The number of likely N-dealkylation sites (N-methyl/N-ethyl adjacent to an activating group) is 1. The molecule has 0 saturated heterocycles. The standard InChI is InChI=1S/C23H32ClN3O5S/c1-7-27(8-2)16(4)14-25-23(28)17-10-9-15(3)22(11-17)33(29,30)26-19-12-18(24)20(31-5)13-21(19)32-6/h9-13,16,26H,7-8,14H2,1-6H3,(H,25,28). The lowest BCUT2D eigenvalue weighted by Crippen LogP contribution is -2.42. The molecule has 0 aliphatic carbocycles. The van der Waals surface area contributed by atoms with Gasteiger partial charge in [0.2, 0.25) is 0 Å². The van der Waals surface area contributed by atoms with Crippen LogP contribution in [0.4, 0.5) is 5.69 Å². The third kappa shape index (κ3) is 6.52. The average molecular weight is 498 g/mol. The third-order valence-corrected chi connectivity index (χ3v) is 7.25. The Morgan fingerprint density at radius 2 is 1.73 bits per heavy atom. The summed E-state index contributed by atoms with van der Waals surface area (Å²) in [4.78, 5) is 14.9. The summed E-state index contributed by atoms with van der Waals surface area (Å²) in [6, 6.07) is 7.65. The topological polar surface area (TPSA) is 97.0 Å². The Balaban J connectivity index is 2.29. The van der Waals surface area contributed by atoms with Crippen molar-refractivity contribution in [2.75, 3.05) is 38.6 Å². The van der Waals surface area contributed by atoms with Crippen LogP contribution in [0.25, 0.3) is 0 Å². The molecule has 0 spiro atoms. The van der Waals surface area contributed by atoms with Crippen molar-refractivity contribution in [1.82, 2.24) is 10.2 Å². The molecule has 2 N–H and O–H groups in total. The molecular weight excluding hydrogens is 466 g/mol. The van der Waals surface area contributed by atoms with Crippen molar-refractivity contribution in [2.24, 2.45) is 0 Å². The molecule has 0 bridgehead atoms. The van der Waals surface area contributed by atoms with E-state index in [-0.39, 0.29) is 38.9 Å². The normalized spacial score (nSPS) is 12.4. The van der Waals surface area contributed by atoms with Crippen LogP contribution in [-0.4, -0.2) is 59.1 Å². The fourth-order valence-electron chi connectivity index (χ4n) is 3.49. The first-order chi connectivity index (χ1) is 15.6. The second-order valence-corrected chi connectivity index (χ2v) is 9.61. The van der Waals surface area contributed by atoms with Crippen molar-refractivity contribution in [3.8, 4) is 11.5 Å². The number of nitrogens with one attached hydrogen (secondary N) is 2. The Hall–Kier alpha value is -2.49. The van der Waals surface area contributed by atoms with E-state index in [2.05, 4.69) is 28.8 Å². The summed E-state index contributed by atoms with van der Waals surface area (Å²) in [5.74, 6) is 0.262. The molecule has 2 rings (SSSR count). The van der Waals surface area contributed by atoms with Crippen molar-refractivity contribution < 1.29 is 22.7 Å². The summed E-state index contributed by atoms with van der Waals surface area (Å²) in [7, 11) is -1.18. The summed E-state index contributed by atoms with van der Waals surface area (Å²) < 4.78 is 39.3. The molecule has 1 atom stereocenters. The van der Waals surface area contributed by atoms with Gasteiger partial charge in [-0.25, -0.2) is 8.42 Å². The highest BCUT2D eigenvalue weighted by Gasteiger charge is 2.22. The molecule has 1 amide bonds. The molecule has 0 heterocycles. The molecule has 182 valence electrons. The molecule has 0 saturated carbocycles. The van der Waals surface area contributed by atoms with E-state index in [1.165, 1.54) is 32.4 Å². The summed E-state index contributed by atoms with van der Waals surface area (Å²) in [6.07, 6.45) is 0. The summed E-state index contributed by atoms with van der Waals surface area (Å²) in [6.45, 7) is 10.0. The Morgan fingerprint density at radius 3 is 2.30 bits per heavy atom. The lowest BCUT2D eigenvalue weighted by atomic mass is 10.1. The second-order valence-electron chi connectivity index (χ2n) is 7.55. The van der Waals surface area contributed by atoms with E-state index in [0.29, 0.717) is 17.9 Å². The van der Waals surface area contributed by atoms with Gasteiger partial charge in [-0.2, -0.15) is 0 Å². The Morgan fingerprint density at radius 1 is 1.09 bits per heavy atom. The highest BCUT2D eigenvalue weighted by molar-refractivity contribution is 7.92. The van der Waals surface area contributed by atoms with E-state index in [9.17, 15) is 13.2 Å². The highest BCUT2D eigenvalue weighted by atomic mass is 35.5. The molecule has 1 unspecified atom stereocenters. The molecule has 2 aromatic rings. The van der Waals surface area contributed by atoms with Gasteiger partial charge in [0.15, 0.2) is 0 Å². The minimum absolute atomic E-state index is 0.0130. The predicted molar refractivity (Wildman–Crippen MR) is 131 cm³/mol. The Bertz CT molecular complexity index is 1090. The lowest BCUT2D eigenvalue weighted by molar-refractivity contribution is 0.0937. The van der Waals surface area contributed by atoms with Gasteiger partial charge in [0.25, 0.3) is 15.9 Å². The van der Waals surface area contributed by atoms with E-state index >= 15 is 0 Å². The zero-order chi connectivity index (χ0) is 24.8. The van der Waals surface area contributed by atoms with Gasteiger partial charge in [-0.1, -0.05) is 31.5 Å². The van der Waals surface area contributed by atoms with Crippen LogP contribution in [0.1, 0.15) is 36.7 Å². The van der Waals surface area contributed by atoms with Crippen LogP contribution in [0.5, 0.6) is 11.5 Å². The van der Waals surface area contributed by atoms with Crippen molar-refractivity contribution in [3.63, 3.8) is 0 Å². The largest absolute Gasteiger partial charge is 0.495 e. The number of carbonyl (C=O) groups excluding carboxylic acids is 1. The fourth-order valence-corrected chi connectivity index (χ4v) is 5.06. The summed E-state index contributed by atoms with van der Waals surface area (Å²) in [5.41, 5.74) is 0.909. The molecule has 0 radical (unpaired) electrons. The van der Waals surface area contributed by atoms with Gasteiger partial charge in [-0.3, -0.25) is 14.4 Å². The third-order valence-electron chi connectivity index (χ3n) is 5.45. The number of methoxy groups -OCH3 is 2. The van der Waals surface area contributed by atoms with Crippen molar-refractivity contribution in [2.45, 2.75) is 38.6 Å². The minimum atomic E-state index is -4.04. The summed E-state index contributed by atoms with van der Waals surface area (Å²) >= 11 is 6.16. The monoisotopic (exact) mass is 497 g/mol. The van der Waals surface area contributed by atoms with Crippen molar-refractivity contribution in [3.05, 3.63) is 46.5 Å². The number of nitrogens with zero attached hydrogens (tertiary/aromatic N) is 1. The number of ether oxygens (including phenoxy) is 2. The maximum Gasteiger partial charge on any atom is 0.262 e. The molecular formula is C23H32ClN3O5S. The molecule has 33 heavy (non-hydrogen) atoms. The molecule has 0 fully saturated rings. The maximum atomic E-state index is 13.2. The predicted octanol–water partition coefficient (Wildman–Crippen LogP) is 3.93. The smallest absolute Gasteiger partial charge is 0.262 e. The van der Waals surface area contributed by atoms with Gasteiger partial charge in [-0.15, -0.1) is 0 Å². The fraction of sp³-hybridized carbons (Fsp3) is 0.435. The number of hydrogen-bond donors (Lipinski definition) is 2. The number of rotatable bonds is 11. The van der Waals surface area contributed by atoms with Crippen molar-refractivity contribution >= 4 is 33.2 Å². The van der Waals surface area contributed by atoms with Gasteiger partial charge < -0.3 is 14.8 Å². The average Bonchev–Trinajstić information content (AvgIpc) is 2.78. The second kappa shape index (κ2) is 11.6. The van der Waals surface area contributed by atoms with E-state index in [1.54, 1.807) is 19.1 Å². The number of amides is 1. The maximum absolute atomic E-state index is 13.2. The number of sulfonamides is 1. The van der Waals surface area contributed by atoms with E-state index < -0.39 is 10.0 Å². The number of aryl methyl sites for hydroxylation is 1. The Kier molecular flexibility index (Phi) is 9.39. The SMILES string of the molecule is CCN(CC)C(C)CNC(=O)c1ccc(C)c(S(=O)(=O)Nc2cc(Cl)c(OC)cc2OC)c1. The quantitative estimate of drug-likeness (QED) is 0.488. The Labute approximate surface area is 201 Å². The van der Waals surface area contributed by atoms with Crippen LogP contribution in [0.3, 0.4) is 0 Å². The first-order valence-corrected chi connectivity index (χ1v) is 12.5. The van der Waals surface area contributed by atoms with Crippen LogP contribution in [0.2, 0.25) is 5.02 Å². The van der Waals surface area contributed by atoms with Crippen LogP contribution >= 0.6 is 11.6 Å². The number of hydrogen-bond acceptors (Lipinski definition) is 6. The molecule has 8 nitrogen and oxygen atoms in total. The van der Waals surface area contributed by atoms with Gasteiger partial charge in [0, 0.05) is 24.2 Å². The first-order valence-electron chi connectivity index (χ1n) is 10.6. The number of carbonyl (C=O) groups is 1. The first kappa shape index (κ1) is 26.8. The molecule has 0 aliphatic rings.